The second-order valence-electron chi connectivity index (χ2n) is 7.05. The number of nitrogens with two attached hydrogens (primary N) is 1. The number of hydrazine groups is 1. The molecule has 0 aromatic heterocycles. The zero-order valence-corrected chi connectivity index (χ0v) is 14.9. The van der Waals surface area contributed by atoms with Crippen molar-refractivity contribution in [2.24, 2.45) is 11.8 Å². The average Bonchev–Trinajstić information content (AvgIpc) is 2.66. The monoisotopic (exact) mass is 342 g/mol. The van der Waals surface area contributed by atoms with Gasteiger partial charge in [0, 0.05) is 0 Å². The Hall–Kier alpha value is -2.63. The minimum Gasteiger partial charge on any atom is -0.346 e. The van der Waals surface area contributed by atoms with E-state index in [1.54, 1.807) is 0 Å². The maximum Gasteiger partial charge on any atom is 0.250 e. The molecule has 1 amide bonds. The summed E-state index contributed by atoms with van der Waals surface area (Å²) in [5.41, 5.74) is 3.30. The molecule has 0 fully saturated rings. The molecule has 5 heteroatoms. The zero-order chi connectivity index (χ0) is 18.3. The average molecular weight is 342 g/mol. The Labute approximate surface area is 153 Å². The van der Waals surface area contributed by atoms with Gasteiger partial charge in [0.25, 0.3) is 0 Å². The van der Waals surface area contributed by atoms with Gasteiger partial charge in [0.15, 0.2) is 0 Å². The predicted octanol–water partition coefficient (Wildman–Crippen LogP) is 2.43. The lowest BCUT2D eigenvalue weighted by molar-refractivity contribution is -0.123. The smallest absolute Gasteiger partial charge is 0.250 e. The number of benzene rings is 4. The van der Waals surface area contributed by atoms with E-state index in [1.807, 2.05) is 21.3 Å². The van der Waals surface area contributed by atoms with Crippen molar-refractivity contribution in [3.05, 3.63) is 54.6 Å². The molecular formula is C21H21BN3O. The highest BCUT2D eigenvalue weighted by Gasteiger charge is 2.21. The van der Waals surface area contributed by atoms with E-state index in [1.165, 1.54) is 32.3 Å². The summed E-state index contributed by atoms with van der Waals surface area (Å²) in [5, 5.41) is 10.7. The third-order valence-corrected chi connectivity index (χ3v) is 5.07. The van der Waals surface area contributed by atoms with Gasteiger partial charge in [0.05, 0.1) is 6.04 Å². The summed E-state index contributed by atoms with van der Waals surface area (Å²) in [5.74, 6) is 5.22. The molecule has 0 spiro atoms. The van der Waals surface area contributed by atoms with Crippen LogP contribution in [0.2, 0.25) is 0 Å². The highest BCUT2D eigenvalue weighted by molar-refractivity contribution is 6.56. The van der Waals surface area contributed by atoms with Crippen molar-refractivity contribution >= 4 is 51.1 Å². The van der Waals surface area contributed by atoms with Gasteiger partial charge in [-0.25, -0.2) is 5.84 Å². The van der Waals surface area contributed by atoms with Crippen LogP contribution in [0.5, 0.6) is 0 Å². The fourth-order valence-electron chi connectivity index (χ4n) is 3.72. The Morgan fingerprint density at radius 1 is 0.923 bits per heavy atom. The lowest BCUT2D eigenvalue weighted by Crippen LogP contribution is -2.52. The fraction of sp³-hybridized carbons (Fsp3) is 0.190. The van der Waals surface area contributed by atoms with Crippen LogP contribution in [0.1, 0.15) is 13.8 Å². The quantitative estimate of drug-likeness (QED) is 0.172. The van der Waals surface area contributed by atoms with Crippen molar-refractivity contribution in [3.63, 3.8) is 0 Å². The van der Waals surface area contributed by atoms with E-state index in [0.717, 1.165) is 5.46 Å². The first kappa shape index (κ1) is 16.8. The molecule has 4 rings (SSSR count). The number of carbonyl (C=O) groups is 1. The van der Waals surface area contributed by atoms with E-state index < -0.39 is 0 Å². The number of amides is 1. The van der Waals surface area contributed by atoms with Gasteiger partial charge in [-0.05, 0) is 38.2 Å². The predicted molar refractivity (Wildman–Crippen MR) is 110 cm³/mol. The Morgan fingerprint density at radius 2 is 1.54 bits per heavy atom. The Morgan fingerprint density at radius 3 is 2.19 bits per heavy atom. The molecule has 0 saturated carbocycles. The molecule has 4 N–H and O–H groups in total. The van der Waals surface area contributed by atoms with E-state index in [9.17, 15) is 4.79 Å². The minimum absolute atomic E-state index is 0.120. The van der Waals surface area contributed by atoms with Crippen LogP contribution in [0.25, 0.3) is 32.3 Å². The van der Waals surface area contributed by atoms with Crippen molar-refractivity contribution in [1.82, 2.24) is 10.7 Å². The molecule has 0 aliphatic carbocycles. The maximum absolute atomic E-state index is 12.0. The largest absolute Gasteiger partial charge is 0.346 e. The van der Waals surface area contributed by atoms with Crippen molar-refractivity contribution in [3.8, 4) is 0 Å². The summed E-state index contributed by atoms with van der Waals surface area (Å²) in [6.45, 7) is 3.98. The molecule has 4 nitrogen and oxygen atoms in total. The molecule has 0 saturated heterocycles. The second-order valence-corrected chi connectivity index (χ2v) is 7.05. The highest BCUT2D eigenvalue weighted by atomic mass is 16.2. The van der Waals surface area contributed by atoms with Gasteiger partial charge in [-0.3, -0.25) is 10.2 Å². The molecule has 0 aliphatic rings. The lowest BCUT2D eigenvalue weighted by Gasteiger charge is -2.21. The van der Waals surface area contributed by atoms with E-state index in [-0.39, 0.29) is 17.9 Å². The molecule has 26 heavy (non-hydrogen) atoms. The van der Waals surface area contributed by atoms with Crippen molar-refractivity contribution < 1.29 is 4.79 Å². The standard InChI is InChI=1S/C21H21BN3O/c1-12(2)20(21(26)25-23)24-22-17-11-9-15-7-6-13-4-3-5-14-8-10-16(17)19(15)18(13)14/h3-12,20,24H,23H2,1-2H3,(H,25,26). The third-order valence-electron chi connectivity index (χ3n) is 5.07. The number of hydrogen-bond donors (Lipinski definition) is 3. The summed E-state index contributed by atoms with van der Waals surface area (Å²) in [6.07, 6.45) is 0. The first-order chi connectivity index (χ1) is 12.6. The van der Waals surface area contributed by atoms with Crippen LogP contribution in [0, 0.1) is 5.92 Å². The third kappa shape index (κ3) is 2.70. The Balaban J connectivity index is 1.80. The molecule has 0 bridgehead atoms. The van der Waals surface area contributed by atoms with Crippen LogP contribution < -0.4 is 22.0 Å². The molecule has 4 aromatic carbocycles. The molecule has 1 radical (unpaired) electrons. The van der Waals surface area contributed by atoms with Gasteiger partial charge >= 0.3 is 0 Å². The molecule has 0 heterocycles. The van der Waals surface area contributed by atoms with Gasteiger partial charge in [-0.2, -0.15) is 0 Å². The molecule has 1 atom stereocenters. The number of rotatable bonds is 5. The van der Waals surface area contributed by atoms with Crippen molar-refractivity contribution in [2.45, 2.75) is 19.9 Å². The van der Waals surface area contributed by atoms with Crippen molar-refractivity contribution in [1.29, 1.82) is 0 Å². The topological polar surface area (TPSA) is 67.2 Å². The summed E-state index contributed by atoms with van der Waals surface area (Å²) < 4.78 is 0. The minimum atomic E-state index is -0.376. The molecule has 1 unspecified atom stereocenters. The Kier molecular flexibility index (Phi) is 4.27. The number of nitrogens with one attached hydrogen (secondary N) is 2. The summed E-state index contributed by atoms with van der Waals surface area (Å²) >= 11 is 0. The van der Waals surface area contributed by atoms with Crippen LogP contribution in [0.3, 0.4) is 0 Å². The van der Waals surface area contributed by atoms with Gasteiger partial charge in [0.1, 0.15) is 0 Å². The maximum atomic E-state index is 12.0. The Bertz CT molecular complexity index is 1080. The molecular weight excluding hydrogens is 321 g/mol. The van der Waals surface area contributed by atoms with Crippen LogP contribution in [-0.4, -0.2) is 19.4 Å². The molecule has 4 aromatic rings. The van der Waals surface area contributed by atoms with Crippen LogP contribution >= 0.6 is 0 Å². The van der Waals surface area contributed by atoms with Crippen LogP contribution in [0.4, 0.5) is 0 Å². The SMILES string of the molecule is CC(C)C(N[B]c1ccc2ccc3cccc4ccc1c2c34)C(=O)NN. The highest BCUT2D eigenvalue weighted by Crippen LogP contribution is 2.33. The van der Waals surface area contributed by atoms with Gasteiger partial charge in [0.2, 0.25) is 13.3 Å². The van der Waals surface area contributed by atoms with Gasteiger partial charge in [-0.1, -0.05) is 73.9 Å². The van der Waals surface area contributed by atoms with E-state index >= 15 is 0 Å². The van der Waals surface area contributed by atoms with Gasteiger partial charge < -0.3 is 5.23 Å². The second kappa shape index (κ2) is 6.59. The van der Waals surface area contributed by atoms with Gasteiger partial charge in [-0.15, -0.1) is 0 Å². The normalized spacial score (nSPS) is 12.9. The number of carbonyl (C=O) groups excluding carboxylic acids is 1. The van der Waals surface area contributed by atoms with Crippen LogP contribution in [0.15, 0.2) is 54.6 Å². The first-order valence-corrected chi connectivity index (χ1v) is 8.86. The lowest BCUT2D eigenvalue weighted by atomic mass is 9.76. The molecule has 0 aliphatic heterocycles. The van der Waals surface area contributed by atoms with E-state index in [0.29, 0.717) is 0 Å². The van der Waals surface area contributed by atoms with Crippen LogP contribution in [-0.2, 0) is 4.79 Å². The molecule has 129 valence electrons. The summed E-state index contributed by atoms with van der Waals surface area (Å²) in [7, 11) is 1.92. The fourth-order valence-corrected chi connectivity index (χ4v) is 3.72. The number of hydrogen-bond acceptors (Lipinski definition) is 3. The van der Waals surface area contributed by atoms with Crippen molar-refractivity contribution in [2.75, 3.05) is 0 Å². The summed E-state index contributed by atoms with van der Waals surface area (Å²) in [4.78, 5) is 12.0. The summed E-state index contributed by atoms with van der Waals surface area (Å²) in [6, 6.07) is 18.9. The first-order valence-electron chi connectivity index (χ1n) is 8.86. The van der Waals surface area contributed by atoms with E-state index in [2.05, 4.69) is 65.3 Å². The zero-order valence-electron chi connectivity index (χ0n) is 14.9. The van der Waals surface area contributed by atoms with E-state index in [4.69, 9.17) is 5.84 Å².